The quantitative estimate of drug-likeness (QED) is 0.252. The lowest BCUT2D eigenvalue weighted by molar-refractivity contribution is -0.145. The number of carbonyl (C=O) groups excluding carboxylic acids is 1. The first-order valence-electron chi connectivity index (χ1n) is 6.23. The van der Waals surface area contributed by atoms with E-state index in [2.05, 4.69) is 15.3 Å². The van der Waals surface area contributed by atoms with Gasteiger partial charge in [-0.1, -0.05) is 5.11 Å². The molecule has 2 aliphatic rings. The third-order valence-corrected chi connectivity index (χ3v) is 3.56. The Balaban J connectivity index is 0.00000180. The van der Waals surface area contributed by atoms with Crippen LogP contribution in [0.25, 0.3) is 10.4 Å². The lowest BCUT2D eigenvalue weighted by Gasteiger charge is -2.15. The molecule has 3 atom stereocenters. The molecule has 1 saturated heterocycles. The van der Waals surface area contributed by atoms with Crippen LogP contribution in [0.4, 0.5) is 0 Å². The molecule has 1 aliphatic carbocycles. The molecular formula is C11H19ClN4O3. The van der Waals surface area contributed by atoms with Gasteiger partial charge in [-0.2, -0.15) is 0 Å². The minimum Gasteiger partial charge on any atom is -0.465 e. The predicted molar refractivity (Wildman–Crippen MR) is 71.1 cm³/mol. The Kier molecular flexibility index (Phi) is 5.87. The number of fused-ring (bicyclic) bond motifs is 1. The summed E-state index contributed by atoms with van der Waals surface area (Å²) in [5.74, 6) is -0.168. The molecule has 19 heavy (non-hydrogen) atoms. The van der Waals surface area contributed by atoms with E-state index in [0.29, 0.717) is 32.4 Å². The molecule has 1 saturated carbocycles. The van der Waals surface area contributed by atoms with Crippen LogP contribution in [0, 0.1) is 5.41 Å². The van der Waals surface area contributed by atoms with Gasteiger partial charge in [-0.15, -0.1) is 12.4 Å². The fourth-order valence-electron chi connectivity index (χ4n) is 2.56. The zero-order valence-electron chi connectivity index (χ0n) is 10.9. The first kappa shape index (κ1) is 16.0. The summed E-state index contributed by atoms with van der Waals surface area (Å²) in [6.45, 7) is 3.62. The van der Waals surface area contributed by atoms with E-state index >= 15 is 0 Å². The Hall–Kier alpha value is -1.01. The highest BCUT2D eigenvalue weighted by Crippen LogP contribution is 2.54. The third kappa shape index (κ3) is 3.73. The van der Waals surface area contributed by atoms with E-state index in [1.54, 1.807) is 0 Å². The summed E-state index contributed by atoms with van der Waals surface area (Å²) < 4.78 is 10.5. The van der Waals surface area contributed by atoms with Crippen LogP contribution in [0.2, 0.25) is 0 Å². The average molecular weight is 291 g/mol. The molecule has 0 aromatic heterocycles. The van der Waals surface area contributed by atoms with Gasteiger partial charge in [0.15, 0.2) is 0 Å². The molecule has 0 radical (unpaired) electrons. The fourth-order valence-corrected chi connectivity index (χ4v) is 2.56. The van der Waals surface area contributed by atoms with Gasteiger partial charge in [0.2, 0.25) is 0 Å². The maximum Gasteiger partial charge on any atom is 0.323 e. The molecule has 2 fully saturated rings. The van der Waals surface area contributed by atoms with Gasteiger partial charge in [0.1, 0.15) is 6.04 Å². The van der Waals surface area contributed by atoms with E-state index in [-0.39, 0.29) is 29.8 Å². The number of piperidine rings is 1. The van der Waals surface area contributed by atoms with Crippen LogP contribution in [-0.2, 0) is 14.3 Å². The molecule has 0 aromatic rings. The van der Waals surface area contributed by atoms with Gasteiger partial charge < -0.3 is 14.8 Å². The minimum atomic E-state index is -0.190. The Bertz CT molecular complexity index is 375. The molecule has 8 heteroatoms. The molecule has 1 N–H and O–H groups in total. The Morgan fingerprint density at radius 2 is 2.37 bits per heavy atom. The van der Waals surface area contributed by atoms with Crippen LogP contribution >= 0.6 is 12.4 Å². The van der Waals surface area contributed by atoms with E-state index in [0.717, 1.165) is 12.8 Å². The van der Waals surface area contributed by atoms with Crippen LogP contribution in [0.5, 0.6) is 0 Å². The highest BCUT2D eigenvalue weighted by atomic mass is 35.5. The molecule has 0 unspecified atom stereocenters. The first-order valence-corrected chi connectivity index (χ1v) is 6.23. The normalized spacial score (nSPS) is 30.8. The third-order valence-electron chi connectivity index (χ3n) is 3.56. The second-order valence-corrected chi connectivity index (χ2v) is 4.80. The zero-order valence-corrected chi connectivity index (χ0v) is 11.7. The number of azide groups is 1. The Labute approximate surface area is 118 Å². The summed E-state index contributed by atoms with van der Waals surface area (Å²) in [5, 5.41) is 6.67. The van der Waals surface area contributed by atoms with Crippen molar-refractivity contribution < 1.29 is 14.3 Å². The van der Waals surface area contributed by atoms with E-state index in [1.807, 2.05) is 6.92 Å². The Morgan fingerprint density at radius 1 is 1.58 bits per heavy atom. The van der Waals surface area contributed by atoms with Crippen molar-refractivity contribution in [3.63, 3.8) is 0 Å². The van der Waals surface area contributed by atoms with Crippen LogP contribution in [0.15, 0.2) is 5.11 Å². The molecule has 0 aromatic carbocycles. The number of carbonyl (C=O) groups is 1. The molecular weight excluding hydrogens is 272 g/mol. The standard InChI is InChI=1S/C11H18N4O3.ClH/c1-2-18-10(16)8-5-11(6-9(11)14-8)7-17-4-3-13-15-12;/h8-9,14H,2-7H2,1H3;1H/t8-,9-,11+;/m0./s1. The summed E-state index contributed by atoms with van der Waals surface area (Å²) in [6, 6.07) is 0.177. The molecule has 0 spiro atoms. The number of nitrogens with one attached hydrogen (secondary N) is 1. The summed E-state index contributed by atoms with van der Waals surface area (Å²) in [4.78, 5) is 14.2. The van der Waals surface area contributed by atoms with Gasteiger partial charge in [-0.25, -0.2) is 0 Å². The van der Waals surface area contributed by atoms with Crippen molar-refractivity contribution in [2.24, 2.45) is 10.5 Å². The minimum absolute atomic E-state index is 0. The zero-order chi connectivity index (χ0) is 13.0. The number of halogens is 1. The molecule has 0 amide bonds. The van der Waals surface area contributed by atoms with Crippen LogP contribution < -0.4 is 5.32 Å². The number of hydrogen-bond donors (Lipinski definition) is 1. The maximum absolute atomic E-state index is 11.6. The number of esters is 1. The highest BCUT2D eigenvalue weighted by molar-refractivity contribution is 5.85. The second-order valence-electron chi connectivity index (χ2n) is 4.80. The molecule has 0 bridgehead atoms. The number of ether oxygens (including phenoxy) is 2. The molecule has 108 valence electrons. The van der Waals surface area contributed by atoms with Gasteiger partial charge in [-0.3, -0.25) is 4.79 Å². The highest BCUT2D eigenvalue weighted by Gasteiger charge is 2.61. The maximum atomic E-state index is 11.6. The summed E-state index contributed by atoms with van der Waals surface area (Å²) in [6.07, 6.45) is 1.82. The summed E-state index contributed by atoms with van der Waals surface area (Å²) in [5.41, 5.74) is 8.21. The van der Waals surface area contributed by atoms with Gasteiger partial charge in [0, 0.05) is 22.9 Å². The predicted octanol–water partition coefficient (Wildman–Crippen LogP) is 1.42. The largest absolute Gasteiger partial charge is 0.465 e. The molecule has 7 nitrogen and oxygen atoms in total. The molecule has 1 aliphatic heterocycles. The first-order chi connectivity index (χ1) is 8.72. The average Bonchev–Trinajstić information content (AvgIpc) is 2.91. The van der Waals surface area contributed by atoms with Crippen molar-refractivity contribution in [2.45, 2.75) is 31.8 Å². The van der Waals surface area contributed by atoms with Crippen LogP contribution in [0.3, 0.4) is 0 Å². The van der Waals surface area contributed by atoms with Gasteiger partial charge >= 0.3 is 5.97 Å². The van der Waals surface area contributed by atoms with E-state index in [9.17, 15) is 4.79 Å². The molecule has 2 rings (SSSR count). The van der Waals surface area contributed by atoms with Crippen molar-refractivity contribution in [3.05, 3.63) is 10.4 Å². The molecule has 1 heterocycles. The van der Waals surface area contributed by atoms with Crippen molar-refractivity contribution in [1.82, 2.24) is 5.32 Å². The summed E-state index contributed by atoms with van der Waals surface area (Å²) in [7, 11) is 0. The smallest absolute Gasteiger partial charge is 0.323 e. The van der Waals surface area contributed by atoms with Crippen molar-refractivity contribution in [1.29, 1.82) is 0 Å². The lowest BCUT2D eigenvalue weighted by atomic mass is 10.0. The van der Waals surface area contributed by atoms with Crippen molar-refractivity contribution in [3.8, 4) is 0 Å². The summed E-state index contributed by atoms with van der Waals surface area (Å²) >= 11 is 0. The SMILES string of the molecule is CCOC(=O)[C@@H]1C[C@]2(COCCN=[N+]=[N-])C[C@@H]2N1.Cl. The van der Waals surface area contributed by atoms with Crippen LogP contribution in [0.1, 0.15) is 19.8 Å². The lowest BCUT2D eigenvalue weighted by Crippen LogP contribution is -2.35. The van der Waals surface area contributed by atoms with E-state index in [4.69, 9.17) is 15.0 Å². The van der Waals surface area contributed by atoms with Gasteiger partial charge in [-0.05, 0) is 25.3 Å². The van der Waals surface area contributed by atoms with Crippen LogP contribution in [-0.4, -0.2) is 44.4 Å². The van der Waals surface area contributed by atoms with E-state index in [1.165, 1.54) is 0 Å². The van der Waals surface area contributed by atoms with Crippen molar-refractivity contribution >= 4 is 18.4 Å². The Morgan fingerprint density at radius 3 is 3.05 bits per heavy atom. The van der Waals surface area contributed by atoms with E-state index < -0.39 is 0 Å². The topological polar surface area (TPSA) is 96.3 Å². The van der Waals surface area contributed by atoms with Gasteiger partial charge in [0.05, 0.1) is 19.8 Å². The fraction of sp³-hybridized carbons (Fsp3) is 0.909. The number of nitrogens with zero attached hydrogens (tertiary/aromatic N) is 3. The number of rotatable bonds is 7. The van der Waals surface area contributed by atoms with Gasteiger partial charge in [0.25, 0.3) is 0 Å². The second kappa shape index (κ2) is 6.96. The number of hydrogen-bond acceptors (Lipinski definition) is 5. The van der Waals surface area contributed by atoms with Crippen molar-refractivity contribution in [2.75, 3.05) is 26.4 Å². The monoisotopic (exact) mass is 290 g/mol.